The number of hydrogen-bond donors (Lipinski definition) is 2. The number of piperidine rings is 1. The lowest BCUT2D eigenvalue weighted by Crippen LogP contribution is -2.53. The molecule has 0 aliphatic carbocycles. The number of benzene rings is 1. The summed E-state index contributed by atoms with van der Waals surface area (Å²) in [7, 11) is 0. The summed E-state index contributed by atoms with van der Waals surface area (Å²) in [5, 5.41) is 0.442. The molecule has 8 heteroatoms. The number of halogens is 1. The molecule has 1 aliphatic rings. The Balaban J connectivity index is 1.85. The van der Waals surface area contributed by atoms with Crippen molar-refractivity contribution in [3.8, 4) is 0 Å². The second-order valence-electron chi connectivity index (χ2n) is 8.34. The van der Waals surface area contributed by atoms with E-state index in [4.69, 9.17) is 16.3 Å². The van der Waals surface area contributed by atoms with Crippen LogP contribution in [0.1, 0.15) is 63.7 Å². The minimum absolute atomic E-state index is 0.285. The van der Waals surface area contributed by atoms with Gasteiger partial charge in [-0.3, -0.25) is 20.4 Å². The number of hydrazine groups is 1. The lowest BCUT2D eigenvalue weighted by atomic mass is 9.80. The summed E-state index contributed by atoms with van der Waals surface area (Å²) < 4.78 is 5.60. The van der Waals surface area contributed by atoms with Crippen molar-refractivity contribution in [3.05, 3.63) is 34.9 Å². The van der Waals surface area contributed by atoms with Crippen molar-refractivity contribution < 1.29 is 19.1 Å². The highest BCUT2D eigenvalue weighted by Crippen LogP contribution is 2.32. The third-order valence-electron chi connectivity index (χ3n) is 5.27. The highest BCUT2D eigenvalue weighted by molar-refractivity contribution is 6.30. The molecule has 0 atom stereocenters. The van der Waals surface area contributed by atoms with E-state index in [9.17, 15) is 14.4 Å². The van der Waals surface area contributed by atoms with Gasteiger partial charge in [0, 0.05) is 23.7 Å². The molecule has 160 valence electrons. The molecule has 29 heavy (non-hydrogen) atoms. The number of nitrogens with zero attached hydrogens (tertiary/aromatic N) is 1. The quantitative estimate of drug-likeness (QED) is 0.702. The molecular formula is C21H30ClN3O4. The van der Waals surface area contributed by atoms with Crippen molar-refractivity contribution in [2.24, 2.45) is 5.41 Å². The fraction of sp³-hybridized carbons (Fsp3) is 0.571. The van der Waals surface area contributed by atoms with E-state index in [-0.39, 0.29) is 12.0 Å². The van der Waals surface area contributed by atoms with Crippen LogP contribution < -0.4 is 10.9 Å². The third kappa shape index (κ3) is 6.35. The highest BCUT2D eigenvalue weighted by atomic mass is 35.5. The summed E-state index contributed by atoms with van der Waals surface area (Å²) in [6.45, 7) is 8.53. The van der Waals surface area contributed by atoms with Gasteiger partial charge < -0.3 is 9.64 Å². The number of nitrogens with one attached hydrogen (secondary N) is 2. The first-order chi connectivity index (χ1) is 13.6. The van der Waals surface area contributed by atoms with E-state index in [1.54, 1.807) is 23.1 Å². The number of carbonyl (C=O) groups excluding carboxylic acids is 3. The van der Waals surface area contributed by atoms with Gasteiger partial charge in [0.05, 0.1) is 5.41 Å². The van der Waals surface area contributed by atoms with Crippen LogP contribution in [0.4, 0.5) is 4.79 Å². The van der Waals surface area contributed by atoms with Crippen molar-refractivity contribution in [1.29, 1.82) is 0 Å². The first-order valence-corrected chi connectivity index (χ1v) is 10.3. The minimum Gasteiger partial charge on any atom is -0.443 e. The topological polar surface area (TPSA) is 87.7 Å². The van der Waals surface area contributed by atoms with Crippen molar-refractivity contribution in [2.75, 3.05) is 13.1 Å². The average Bonchev–Trinajstić information content (AvgIpc) is 2.65. The Labute approximate surface area is 177 Å². The zero-order valence-corrected chi connectivity index (χ0v) is 18.3. The summed E-state index contributed by atoms with van der Waals surface area (Å²) in [5.41, 5.74) is 4.09. The van der Waals surface area contributed by atoms with Gasteiger partial charge in [0.25, 0.3) is 5.91 Å². The van der Waals surface area contributed by atoms with E-state index in [1.807, 2.05) is 27.7 Å². The molecule has 1 saturated heterocycles. The van der Waals surface area contributed by atoms with Gasteiger partial charge in [-0.2, -0.15) is 0 Å². The monoisotopic (exact) mass is 423 g/mol. The van der Waals surface area contributed by atoms with E-state index < -0.39 is 16.9 Å². The van der Waals surface area contributed by atoms with Crippen LogP contribution in [-0.4, -0.2) is 41.5 Å². The van der Waals surface area contributed by atoms with E-state index in [2.05, 4.69) is 10.9 Å². The first kappa shape index (κ1) is 23.0. The van der Waals surface area contributed by atoms with Crippen LogP contribution in [0.15, 0.2) is 24.3 Å². The van der Waals surface area contributed by atoms with E-state index in [0.717, 1.165) is 12.8 Å². The molecule has 7 nitrogen and oxygen atoms in total. The highest BCUT2D eigenvalue weighted by Gasteiger charge is 2.39. The molecule has 0 spiro atoms. The number of rotatable bonds is 5. The van der Waals surface area contributed by atoms with Crippen LogP contribution >= 0.6 is 11.6 Å². The number of likely N-dealkylation sites (tertiary alicyclic amines) is 1. The van der Waals surface area contributed by atoms with E-state index in [0.29, 0.717) is 36.5 Å². The van der Waals surface area contributed by atoms with Crippen LogP contribution in [0.3, 0.4) is 0 Å². The molecule has 1 aliphatic heterocycles. The zero-order valence-electron chi connectivity index (χ0n) is 17.5. The van der Waals surface area contributed by atoms with Crippen molar-refractivity contribution >= 4 is 29.5 Å². The SMILES string of the molecule is CCCC(C)(C)OC(=O)N1CCC(C)(C(=O)NNC(=O)c2cccc(Cl)c2)CC1. The summed E-state index contributed by atoms with van der Waals surface area (Å²) in [6.07, 6.45) is 2.34. The number of amides is 3. The molecule has 1 aromatic rings. The van der Waals surface area contributed by atoms with Crippen molar-refractivity contribution in [1.82, 2.24) is 15.8 Å². The molecule has 1 fully saturated rings. The van der Waals surface area contributed by atoms with Crippen LogP contribution in [0.2, 0.25) is 5.02 Å². The van der Waals surface area contributed by atoms with Gasteiger partial charge in [0.2, 0.25) is 5.91 Å². The van der Waals surface area contributed by atoms with Gasteiger partial charge in [-0.25, -0.2) is 4.79 Å². The Morgan fingerprint density at radius 1 is 1.21 bits per heavy atom. The fourth-order valence-corrected chi connectivity index (χ4v) is 3.52. The summed E-state index contributed by atoms with van der Waals surface area (Å²) in [6, 6.07) is 6.46. The maximum Gasteiger partial charge on any atom is 0.410 e. The Kier molecular flexibility index (Phi) is 7.52. The number of hydrogen-bond acceptors (Lipinski definition) is 4. The van der Waals surface area contributed by atoms with Crippen LogP contribution in [0.25, 0.3) is 0 Å². The fourth-order valence-electron chi connectivity index (χ4n) is 3.33. The number of ether oxygens (including phenoxy) is 1. The van der Waals surface area contributed by atoms with Gasteiger partial charge >= 0.3 is 6.09 Å². The van der Waals surface area contributed by atoms with Crippen LogP contribution in [0.5, 0.6) is 0 Å². The molecular weight excluding hydrogens is 394 g/mol. The summed E-state index contributed by atoms with van der Waals surface area (Å²) >= 11 is 5.88. The zero-order chi connectivity index (χ0) is 21.7. The normalized spacial score (nSPS) is 16.1. The number of carbonyl (C=O) groups is 3. The minimum atomic E-state index is -0.683. The second kappa shape index (κ2) is 9.48. The van der Waals surface area contributed by atoms with Gasteiger partial charge in [-0.15, -0.1) is 0 Å². The standard InChI is InChI=1S/C21H30ClN3O4/c1-5-9-20(2,3)29-19(28)25-12-10-21(4,11-13-25)18(27)24-23-17(26)15-7-6-8-16(22)14-15/h6-8,14H,5,9-13H2,1-4H3,(H,23,26)(H,24,27). The van der Waals surface area contributed by atoms with Gasteiger partial charge in [-0.1, -0.05) is 37.9 Å². The van der Waals surface area contributed by atoms with E-state index >= 15 is 0 Å². The van der Waals surface area contributed by atoms with Crippen LogP contribution in [-0.2, 0) is 9.53 Å². The lowest BCUT2D eigenvalue weighted by Gasteiger charge is -2.38. The molecule has 1 heterocycles. The second-order valence-corrected chi connectivity index (χ2v) is 8.78. The Hall–Kier alpha value is -2.28. The summed E-state index contributed by atoms with van der Waals surface area (Å²) in [5.74, 6) is -0.726. The van der Waals surface area contributed by atoms with E-state index in [1.165, 1.54) is 6.07 Å². The Bertz CT molecular complexity index is 758. The van der Waals surface area contributed by atoms with Gasteiger partial charge in [0.15, 0.2) is 0 Å². The third-order valence-corrected chi connectivity index (χ3v) is 5.50. The van der Waals surface area contributed by atoms with Crippen molar-refractivity contribution in [2.45, 2.75) is 59.0 Å². The molecule has 1 aromatic carbocycles. The largest absolute Gasteiger partial charge is 0.443 e. The molecule has 2 N–H and O–H groups in total. The lowest BCUT2D eigenvalue weighted by molar-refractivity contribution is -0.133. The Morgan fingerprint density at radius 3 is 2.45 bits per heavy atom. The van der Waals surface area contributed by atoms with Crippen LogP contribution in [0, 0.1) is 5.41 Å². The van der Waals surface area contributed by atoms with Crippen molar-refractivity contribution in [3.63, 3.8) is 0 Å². The van der Waals surface area contributed by atoms with Gasteiger partial charge in [-0.05, 0) is 51.3 Å². The molecule has 0 bridgehead atoms. The molecule has 3 amide bonds. The summed E-state index contributed by atoms with van der Waals surface area (Å²) in [4.78, 5) is 38.8. The predicted molar refractivity (Wildman–Crippen MR) is 111 cm³/mol. The average molecular weight is 424 g/mol. The molecule has 0 saturated carbocycles. The molecule has 0 aromatic heterocycles. The maximum absolute atomic E-state index is 12.6. The molecule has 2 rings (SSSR count). The molecule has 0 radical (unpaired) electrons. The smallest absolute Gasteiger partial charge is 0.410 e. The van der Waals surface area contributed by atoms with Gasteiger partial charge in [0.1, 0.15) is 5.60 Å². The molecule has 0 unspecified atom stereocenters. The predicted octanol–water partition coefficient (Wildman–Crippen LogP) is 3.92. The first-order valence-electron chi connectivity index (χ1n) is 9.90. The Morgan fingerprint density at radius 2 is 1.86 bits per heavy atom. The maximum atomic E-state index is 12.6.